The lowest BCUT2D eigenvalue weighted by Gasteiger charge is -2.18. The summed E-state index contributed by atoms with van der Waals surface area (Å²) in [6, 6.07) is 10.4. The van der Waals surface area contributed by atoms with Crippen LogP contribution in [0.2, 0.25) is 0 Å². The topological polar surface area (TPSA) is 22.1 Å². The highest BCUT2D eigenvalue weighted by atomic mass is 16.5. The molecule has 20 heavy (non-hydrogen) atoms. The molecule has 0 N–H and O–H groups in total. The molecule has 0 saturated heterocycles. The van der Waals surface area contributed by atoms with Gasteiger partial charge in [-0.1, -0.05) is 24.3 Å². The summed E-state index contributed by atoms with van der Waals surface area (Å²) in [4.78, 5) is 4.64. The summed E-state index contributed by atoms with van der Waals surface area (Å²) in [7, 11) is 1.72. The highest BCUT2D eigenvalue weighted by Gasteiger charge is 2.16. The molecule has 0 fully saturated rings. The molecule has 0 amide bonds. The number of methoxy groups -OCH3 is 1. The fraction of sp³-hybridized carbons (Fsp3) is 0.278. The molecule has 0 saturated carbocycles. The van der Waals surface area contributed by atoms with Gasteiger partial charge in [0.25, 0.3) is 0 Å². The van der Waals surface area contributed by atoms with Gasteiger partial charge in [0, 0.05) is 11.8 Å². The molecule has 2 heteroatoms. The highest BCUT2D eigenvalue weighted by molar-refractivity contribution is 5.83. The van der Waals surface area contributed by atoms with Crippen LogP contribution in [0.4, 0.5) is 0 Å². The van der Waals surface area contributed by atoms with Crippen LogP contribution in [0.15, 0.2) is 36.5 Å². The van der Waals surface area contributed by atoms with Gasteiger partial charge in [0.15, 0.2) is 0 Å². The lowest BCUT2D eigenvalue weighted by molar-refractivity contribution is 0.414. The number of pyridine rings is 1. The molecule has 0 radical (unpaired) electrons. The number of allylic oxidation sites excluding steroid dienone is 1. The van der Waals surface area contributed by atoms with Crippen molar-refractivity contribution < 1.29 is 4.74 Å². The minimum absolute atomic E-state index is 0.916. The molecule has 1 aromatic carbocycles. The molecule has 1 heterocycles. The van der Waals surface area contributed by atoms with Crippen LogP contribution < -0.4 is 4.74 Å². The molecule has 0 bridgehead atoms. The Morgan fingerprint density at radius 3 is 2.90 bits per heavy atom. The second-order valence-electron chi connectivity index (χ2n) is 5.29. The maximum atomic E-state index is 5.43. The third-order valence-corrected chi connectivity index (χ3v) is 3.77. The largest absolute Gasteiger partial charge is 0.496 e. The van der Waals surface area contributed by atoms with Crippen molar-refractivity contribution in [2.45, 2.75) is 26.2 Å². The predicted octanol–water partition coefficient (Wildman–Crippen LogP) is 4.28. The quantitative estimate of drug-likeness (QED) is 0.808. The van der Waals surface area contributed by atoms with Crippen molar-refractivity contribution in [1.82, 2.24) is 4.98 Å². The third kappa shape index (κ3) is 2.46. The van der Waals surface area contributed by atoms with Crippen LogP contribution in [0, 0.1) is 6.92 Å². The summed E-state index contributed by atoms with van der Waals surface area (Å²) in [5.74, 6) is 0.916. The second-order valence-corrected chi connectivity index (χ2v) is 5.29. The van der Waals surface area contributed by atoms with E-state index in [2.05, 4.69) is 30.1 Å². The smallest absolute Gasteiger partial charge is 0.126 e. The van der Waals surface area contributed by atoms with Crippen LogP contribution >= 0.6 is 0 Å². The summed E-state index contributed by atoms with van der Waals surface area (Å²) in [6.45, 7) is 2.10. The number of hydrogen-bond acceptors (Lipinski definition) is 2. The maximum Gasteiger partial charge on any atom is 0.126 e. The molecule has 2 aromatic rings. The molecule has 0 aliphatic heterocycles. The van der Waals surface area contributed by atoms with E-state index in [9.17, 15) is 0 Å². The zero-order chi connectivity index (χ0) is 13.9. The van der Waals surface area contributed by atoms with Crippen molar-refractivity contribution in [2.24, 2.45) is 0 Å². The Labute approximate surface area is 120 Å². The first-order valence-electron chi connectivity index (χ1n) is 7.07. The fourth-order valence-corrected chi connectivity index (χ4v) is 2.81. The number of hydrogen-bond donors (Lipinski definition) is 0. The van der Waals surface area contributed by atoms with Crippen LogP contribution in [0.5, 0.6) is 5.75 Å². The standard InChI is InChI=1S/C18H19NO/c1-13-10-15-7-5-8-16(18(15)19-12-13)11-14-6-3-4-9-17(14)20-2/h3-4,6,9-12H,5,7-8H2,1-2H3/b16-11-. The maximum absolute atomic E-state index is 5.43. The van der Waals surface area contributed by atoms with Gasteiger partial charge >= 0.3 is 0 Å². The molecule has 3 rings (SSSR count). The van der Waals surface area contributed by atoms with E-state index in [0.717, 1.165) is 29.8 Å². The van der Waals surface area contributed by atoms with Crippen LogP contribution in [-0.2, 0) is 6.42 Å². The Kier molecular flexibility index (Phi) is 3.55. The SMILES string of the molecule is COc1ccccc1/C=C1/CCCc2cc(C)cnc21. The van der Waals surface area contributed by atoms with E-state index in [4.69, 9.17) is 4.74 Å². The Balaban J connectivity index is 2.06. The number of benzene rings is 1. The van der Waals surface area contributed by atoms with Gasteiger partial charge in [0.1, 0.15) is 5.75 Å². The van der Waals surface area contributed by atoms with Crippen LogP contribution in [0.1, 0.15) is 35.2 Å². The molecule has 0 atom stereocenters. The van der Waals surface area contributed by atoms with Crippen molar-refractivity contribution in [2.75, 3.05) is 7.11 Å². The number of aryl methyl sites for hydroxylation is 2. The Bertz CT molecular complexity index is 658. The van der Waals surface area contributed by atoms with E-state index in [-0.39, 0.29) is 0 Å². The number of ether oxygens (including phenoxy) is 1. The first kappa shape index (κ1) is 12.9. The van der Waals surface area contributed by atoms with E-state index in [0.29, 0.717) is 0 Å². The van der Waals surface area contributed by atoms with Crippen molar-refractivity contribution in [1.29, 1.82) is 0 Å². The van der Waals surface area contributed by atoms with E-state index in [1.54, 1.807) is 7.11 Å². The molecule has 102 valence electrons. The summed E-state index contributed by atoms with van der Waals surface area (Å²) in [6.07, 6.45) is 7.59. The first-order valence-corrected chi connectivity index (χ1v) is 7.07. The van der Waals surface area contributed by atoms with Gasteiger partial charge in [-0.2, -0.15) is 0 Å². The zero-order valence-electron chi connectivity index (χ0n) is 12.0. The number of para-hydroxylation sites is 1. The van der Waals surface area contributed by atoms with Gasteiger partial charge in [0.05, 0.1) is 12.8 Å². The minimum atomic E-state index is 0.916. The van der Waals surface area contributed by atoms with Gasteiger partial charge in [-0.05, 0) is 55.0 Å². The van der Waals surface area contributed by atoms with Gasteiger partial charge in [-0.25, -0.2) is 0 Å². The highest BCUT2D eigenvalue weighted by Crippen LogP contribution is 2.32. The molecule has 0 spiro atoms. The minimum Gasteiger partial charge on any atom is -0.496 e. The van der Waals surface area contributed by atoms with E-state index < -0.39 is 0 Å². The molecular weight excluding hydrogens is 246 g/mol. The normalized spacial score (nSPS) is 16.0. The monoisotopic (exact) mass is 265 g/mol. The van der Waals surface area contributed by atoms with Crippen LogP contribution in [0.3, 0.4) is 0 Å². The number of aromatic nitrogens is 1. The zero-order valence-corrected chi connectivity index (χ0v) is 12.0. The summed E-state index contributed by atoms with van der Waals surface area (Å²) in [5.41, 5.74) is 6.21. The number of nitrogens with zero attached hydrogens (tertiary/aromatic N) is 1. The van der Waals surface area contributed by atoms with Crippen molar-refractivity contribution in [3.8, 4) is 5.75 Å². The summed E-state index contributed by atoms with van der Waals surface area (Å²) in [5, 5.41) is 0. The van der Waals surface area contributed by atoms with E-state index in [1.807, 2.05) is 24.4 Å². The predicted molar refractivity (Wildman–Crippen MR) is 82.8 cm³/mol. The lowest BCUT2D eigenvalue weighted by Crippen LogP contribution is -2.05. The van der Waals surface area contributed by atoms with Gasteiger partial charge in [0.2, 0.25) is 0 Å². The Morgan fingerprint density at radius 1 is 1.20 bits per heavy atom. The summed E-state index contributed by atoms with van der Waals surface area (Å²) >= 11 is 0. The lowest BCUT2D eigenvalue weighted by atomic mass is 9.89. The first-order chi connectivity index (χ1) is 9.78. The Hall–Kier alpha value is -2.09. The fourth-order valence-electron chi connectivity index (χ4n) is 2.81. The third-order valence-electron chi connectivity index (χ3n) is 3.77. The van der Waals surface area contributed by atoms with E-state index in [1.165, 1.54) is 23.1 Å². The van der Waals surface area contributed by atoms with Crippen molar-refractivity contribution >= 4 is 11.6 Å². The molecule has 1 aliphatic carbocycles. The summed E-state index contributed by atoms with van der Waals surface area (Å²) < 4.78 is 5.43. The molecule has 2 nitrogen and oxygen atoms in total. The number of fused-ring (bicyclic) bond motifs is 1. The number of rotatable bonds is 2. The average molecular weight is 265 g/mol. The molecule has 1 aromatic heterocycles. The van der Waals surface area contributed by atoms with Crippen LogP contribution in [-0.4, -0.2) is 12.1 Å². The second kappa shape index (κ2) is 5.49. The van der Waals surface area contributed by atoms with Crippen LogP contribution in [0.25, 0.3) is 11.6 Å². The van der Waals surface area contributed by atoms with Crippen molar-refractivity contribution in [3.63, 3.8) is 0 Å². The Morgan fingerprint density at radius 2 is 2.05 bits per heavy atom. The molecular formula is C18H19NO. The average Bonchev–Trinajstić information content (AvgIpc) is 2.47. The molecule has 0 unspecified atom stereocenters. The van der Waals surface area contributed by atoms with E-state index >= 15 is 0 Å². The van der Waals surface area contributed by atoms with Crippen molar-refractivity contribution in [3.05, 3.63) is 58.9 Å². The van der Waals surface area contributed by atoms with Gasteiger partial charge in [-0.15, -0.1) is 0 Å². The molecule has 1 aliphatic rings. The van der Waals surface area contributed by atoms with Gasteiger partial charge in [-0.3, -0.25) is 4.98 Å². The van der Waals surface area contributed by atoms with Gasteiger partial charge < -0.3 is 4.74 Å².